The van der Waals surface area contributed by atoms with Gasteiger partial charge in [0.25, 0.3) is 0 Å². The maximum atomic E-state index is 13.3. The number of halogens is 1. The van der Waals surface area contributed by atoms with Crippen LogP contribution in [0.3, 0.4) is 0 Å². The number of nitrogens with two attached hydrogens (primary N) is 2. The molecule has 6 N–H and O–H groups in total. The van der Waals surface area contributed by atoms with E-state index < -0.39 is 0 Å². The molecule has 3 rings (SSSR count). The second-order valence-electron chi connectivity index (χ2n) is 7.31. The van der Waals surface area contributed by atoms with Crippen molar-refractivity contribution in [1.82, 2.24) is 5.32 Å². The van der Waals surface area contributed by atoms with Crippen LogP contribution in [0.25, 0.3) is 5.70 Å². The van der Waals surface area contributed by atoms with E-state index in [4.69, 9.17) is 11.5 Å². The van der Waals surface area contributed by atoms with Gasteiger partial charge in [0, 0.05) is 23.3 Å². The van der Waals surface area contributed by atoms with E-state index in [9.17, 15) is 9.18 Å². The average Bonchev–Trinajstić information content (AvgIpc) is 2.73. The van der Waals surface area contributed by atoms with E-state index in [2.05, 4.69) is 10.6 Å². The van der Waals surface area contributed by atoms with Crippen LogP contribution < -0.4 is 22.1 Å². The fraction of sp³-hybridized carbons (Fsp3) is 0.261. The summed E-state index contributed by atoms with van der Waals surface area (Å²) in [5.74, 6) is -0.0769. The van der Waals surface area contributed by atoms with Crippen LogP contribution in [-0.2, 0) is 4.79 Å². The third kappa shape index (κ3) is 6.10. The van der Waals surface area contributed by atoms with Crippen LogP contribution >= 0.6 is 0 Å². The minimum absolute atomic E-state index is 0.0853. The molecule has 2 aromatic rings. The van der Waals surface area contributed by atoms with Crippen LogP contribution in [0.1, 0.15) is 31.2 Å². The number of rotatable bonds is 6. The van der Waals surface area contributed by atoms with Gasteiger partial charge in [-0.3, -0.25) is 4.79 Å². The van der Waals surface area contributed by atoms with Gasteiger partial charge in [-0.05, 0) is 55.2 Å². The van der Waals surface area contributed by atoms with Crippen molar-refractivity contribution in [2.45, 2.75) is 31.7 Å². The molecule has 1 amide bonds. The lowest BCUT2D eigenvalue weighted by molar-refractivity contribution is -0.121. The van der Waals surface area contributed by atoms with Gasteiger partial charge in [-0.2, -0.15) is 0 Å². The molecule has 2 aromatic carbocycles. The molecule has 0 heterocycles. The first-order valence-corrected chi connectivity index (χ1v) is 9.82. The number of carbonyl (C=O) groups is 1. The van der Waals surface area contributed by atoms with Crippen LogP contribution in [0.15, 0.2) is 72.6 Å². The van der Waals surface area contributed by atoms with E-state index in [-0.39, 0.29) is 23.7 Å². The molecule has 6 heteroatoms. The zero-order chi connectivity index (χ0) is 20.6. The second-order valence-corrected chi connectivity index (χ2v) is 7.31. The highest BCUT2D eigenvalue weighted by Crippen LogP contribution is 2.26. The number of anilines is 1. The van der Waals surface area contributed by atoms with Crippen molar-refractivity contribution < 1.29 is 9.18 Å². The Kier molecular flexibility index (Phi) is 6.89. The normalized spacial score (nSPS) is 20.2. The molecule has 1 fully saturated rings. The highest BCUT2D eigenvalue weighted by molar-refractivity contribution is 5.92. The first-order chi connectivity index (χ1) is 14.0. The van der Waals surface area contributed by atoms with Gasteiger partial charge in [-0.25, -0.2) is 4.39 Å². The molecule has 1 saturated carbocycles. The van der Waals surface area contributed by atoms with E-state index in [1.807, 2.05) is 30.3 Å². The Morgan fingerprint density at radius 3 is 2.59 bits per heavy atom. The summed E-state index contributed by atoms with van der Waals surface area (Å²) in [6, 6.07) is 15.7. The first kappa shape index (κ1) is 20.5. The third-order valence-electron chi connectivity index (χ3n) is 5.06. The summed E-state index contributed by atoms with van der Waals surface area (Å²) in [5.41, 5.74) is 14.2. The number of carbonyl (C=O) groups excluding carboxylic acids is 1. The zero-order valence-electron chi connectivity index (χ0n) is 16.3. The number of amides is 1. The molecule has 152 valence electrons. The van der Waals surface area contributed by atoms with E-state index in [0.29, 0.717) is 23.6 Å². The molecule has 2 unspecified atom stereocenters. The lowest BCUT2D eigenvalue weighted by Crippen LogP contribution is -2.39. The van der Waals surface area contributed by atoms with Crippen molar-refractivity contribution in [3.8, 4) is 0 Å². The molecule has 0 bridgehead atoms. The monoisotopic (exact) mass is 394 g/mol. The van der Waals surface area contributed by atoms with Crippen molar-refractivity contribution in [3.05, 3.63) is 84.0 Å². The van der Waals surface area contributed by atoms with Gasteiger partial charge in [0.1, 0.15) is 5.82 Å². The lowest BCUT2D eigenvalue weighted by Gasteiger charge is -2.29. The lowest BCUT2D eigenvalue weighted by atomic mass is 9.85. The molecule has 1 aliphatic carbocycles. The number of nitrogens with one attached hydrogen (secondary N) is 2. The maximum Gasteiger partial charge on any atom is 0.227 e. The van der Waals surface area contributed by atoms with Crippen LogP contribution in [0.4, 0.5) is 10.1 Å². The Balaban J connectivity index is 1.55. The molecule has 29 heavy (non-hydrogen) atoms. The predicted molar refractivity (Wildman–Crippen MR) is 115 cm³/mol. The molecule has 0 saturated heterocycles. The third-order valence-corrected chi connectivity index (χ3v) is 5.06. The van der Waals surface area contributed by atoms with Crippen molar-refractivity contribution in [1.29, 1.82) is 0 Å². The summed E-state index contributed by atoms with van der Waals surface area (Å²) < 4.78 is 13.3. The largest absolute Gasteiger partial charge is 0.398 e. The van der Waals surface area contributed by atoms with Crippen molar-refractivity contribution in [3.63, 3.8) is 0 Å². The molecule has 0 spiro atoms. The summed E-state index contributed by atoms with van der Waals surface area (Å²) >= 11 is 0. The number of hydrogen-bond donors (Lipinski definition) is 4. The van der Waals surface area contributed by atoms with Crippen LogP contribution in [0.5, 0.6) is 0 Å². The van der Waals surface area contributed by atoms with Crippen molar-refractivity contribution >= 4 is 17.3 Å². The standard InChI is InChI=1S/C23H27FN4O/c24-18-9-5-11-20(15-18)28-23(29)17-8-4-10-19(14-17)27-22(26)13-12-21(25)16-6-2-1-3-7-16/h1-3,5-7,9,11-13,15,17,19,27H,4,8,10,14,25-26H2,(H,28,29)/b21-12-,22-13+. The fourth-order valence-electron chi connectivity index (χ4n) is 3.56. The Labute approximate surface area is 170 Å². The Bertz CT molecular complexity index is 895. The predicted octanol–water partition coefficient (Wildman–Crippen LogP) is 3.71. The van der Waals surface area contributed by atoms with Gasteiger partial charge in [-0.15, -0.1) is 0 Å². The highest BCUT2D eigenvalue weighted by atomic mass is 19.1. The minimum Gasteiger partial charge on any atom is -0.398 e. The average molecular weight is 394 g/mol. The quantitative estimate of drug-likeness (QED) is 0.562. The Morgan fingerprint density at radius 2 is 1.83 bits per heavy atom. The summed E-state index contributed by atoms with van der Waals surface area (Å²) in [5, 5.41) is 6.09. The summed E-state index contributed by atoms with van der Waals surface area (Å²) in [4.78, 5) is 12.5. The molecule has 2 atom stereocenters. The molecule has 0 aromatic heterocycles. The van der Waals surface area contributed by atoms with Crippen LogP contribution in [-0.4, -0.2) is 11.9 Å². The van der Waals surface area contributed by atoms with Crippen LogP contribution in [0, 0.1) is 11.7 Å². The van der Waals surface area contributed by atoms with Gasteiger partial charge in [0.05, 0.1) is 5.82 Å². The van der Waals surface area contributed by atoms with Gasteiger partial charge in [0.15, 0.2) is 0 Å². The van der Waals surface area contributed by atoms with E-state index in [1.165, 1.54) is 12.1 Å². The number of allylic oxidation sites excluding steroid dienone is 2. The van der Waals surface area contributed by atoms with Gasteiger partial charge in [0.2, 0.25) is 5.91 Å². The second kappa shape index (κ2) is 9.78. The van der Waals surface area contributed by atoms with Gasteiger partial charge >= 0.3 is 0 Å². The van der Waals surface area contributed by atoms with Crippen molar-refractivity contribution in [2.24, 2.45) is 17.4 Å². The molecule has 0 aliphatic heterocycles. The maximum absolute atomic E-state index is 13.3. The molecule has 5 nitrogen and oxygen atoms in total. The van der Waals surface area contributed by atoms with E-state index >= 15 is 0 Å². The van der Waals surface area contributed by atoms with E-state index in [0.717, 1.165) is 24.8 Å². The van der Waals surface area contributed by atoms with Gasteiger partial charge in [-0.1, -0.05) is 42.8 Å². The van der Waals surface area contributed by atoms with Crippen molar-refractivity contribution in [2.75, 3.05) is 5.32 Å². The molecular weight excluding hydrogens is 367 g/mol. The first-order valence-electron chi connectivity index (χ1n) is 9.82. The SMILES string of the molecule is N/C(=C\C=C(/N)NC1CCCC(C(=O)Nc2cccc(F)c2)C1)c1ccccc1. The molecule has 1 aliphatic rings. The van der Waals surface area contributed by atoms with Crippen LogP contribution in [0.2, 0.25) is 0 Å². The summed E-state index contributed by atoms with van der Waals surface area (Å²) in [6.45, 7) is 0. The number of hydrogen-bond acceptors (Lipinski definition) is 4. The van der Waals surface area contributed by atoms with Gasteiger partial charge < -0.3 is 22.1 Å². The topological polar surface area (TPSA) is 93.2 Å². The van der Waals surface area contributed by atoms with E-state index in [1.54, 1.807) is 24.3 Å². The molecular formula is C23H27FN4O. The minimum atomic E-state index is -0.369. The Hall–Kier alpha value is -3.28. The smallest absolute Gasteiger partial charge is 0.227 e. The molecule has 0 radical (unpaired) electrons. The fourth-order valence-corrected chi connectivity index (χ4v) is 3.56. The highest BCUT2D eigenvalue weighted by Gasteiger charge is 2.27. The summed E-state index contributed by atoms with van der Waals surface area (Å²) in [7, 11) is 0. The summed E-state index contributed by atoms with van der Waals surface area (Å²) in [6.07, 6.45) is 6.87. The zero-order valence-corrected chi connectivity index (χ0v) is 16.3. The Morgan fingerprint density at radius 1 is 1.03 bits per heavy atom. The number of benzene rings is 2.